The number of nitrogens with two attached hydrogens (primary N) is 1. The van der Waals surface area contributed by atoms with E-state index < -0.39 is 23.8 Å². The summed E-state index contributed by atoms with van der Waals surface area (Å²) in [6.45, 7) is 0.000163. The Hall–Kier alpha value is -3.43. The summed E-state index contributed by atoms with van der Waals surface area (Å²) in [7, 11) is 0. The molecule has 2 aliphatic heterocycles. The van der Waals surface area contributed by atoms with Crippen molar-refractivity contribution in [2.45, 2.75) is 12.5 Å². The lowest BCUT2D eigenvalue weighted by Crippen LogP contribution is -2.28. The van der Waals surface area contributed by atoms with Gasteiger partial charge in [0.1, 0.15) is 12.9 Å². The summed E-state index contributed by atoms with van der Waals surface area (Å²) < 4.78 is 39.3. The van der Waals surface area contributed by atoms with E-state index in [4.69, 9.17) is 15.2 Å². The first-order valence-electron chi connectivity index (χ1n) is 8.38. The second-order valence-electron chi connectivity index (χ2n) is 6.09. The number of aldehydes is 1. The van der Waals surface area contributed by atoms with E-state index in [0.717, 1.165) is 11.0 Å². The third-order valence-corrected chi connectivity index (χ3v) is 4.22. The van der Waals surface area contributed by atoms with Crippen LogP contribution in [0.25, 0.3) is 0 Å². The highest BCUT2D eigenvalue weighted by Crippen LogP contribution is 2.32. The summed E-state index contributed by atoms with van der Waals surface area (Å²) in [4.78, 5) is 35.9. The molecule has 0 unspecified atom stereocenters. The van der Waals surface area contributed by atoms with Gasteiger partial charge in [-0.2, -0.15) is 0 Å². The van der Waals surface area contributed by atoms with Crippen molar-refractivity contribution in [1.29, 1.82) is 0 Å². The van der Waals surface area contributed by atoms with E-state index >= 15 is 0 Å². The number of carbonyl (C=O) groups excluding carboxylic acids is 3. The summed E-state index contributed by atoms with van der Waals surface area (Å²) in [5, 5.41) is 0. The number of halogens is 2. The van der Waals surface area contributed by atoms with Crippen LogP contribution in [0.15, 0.2) is 36.4 Å². The molecule has 1 atom stereocenters. The van der Waals surface area contributed by atoms with Crippen LogP contribution in [0.5, 0.6) is 0 Å². The molecule has 1 aromatic carbocycles. The Balaban J connectivity index is 1.75. The molecule has 1 aromatic rings. The number of rotatable bonds is 6. The second-order valence-corrected chi connectivity index (χ2v) is 6.09. The van der Waals surface area contributed by atoms with Gasteiger partial charge in [-0.05, 0) is 18.2 Å². The van der Waals surface area contributed by atoms with Crippen LogP contribution in [0.1, 0.15) is 6.42 Å². The molecule has 1 fully saturated rings. The number of carbonyl (C=O) groups is 3. The van der Waals surface area contributed by atoms with Gasteiger partial charge in [0, 0.05) is 25.2 Å². The largest absolute Gasteiger partial charge is 0.475 e. The maximum atomic E-state index is 14.6. The van der Waals surface area contributed by atoms with Crippen LogP contribution in [-0.2, 0) is 19.1 Å². The number of hydrogen-bond acceptors (Lipinski definition) is 7. The van der Waals surface area contributed by atoms with E-state index in [1.54, 1.807) is 0 Å². The lowest BCUT2D eigenvalue weighted by molar-refractivity contribution is -0.114. The molecule has 0 bridgehead atoms. The van der Waals surface area contributed by atoms with Gasteiger partial charge in [-0.15, -0.1) is 0 Å². The Morgan fingerprint density at radius 3 is 2.68 bits per heavy atom. The molecule has 0 aromatic heterocycles. The maximum absolute atomic E-state index is 14.6. The number of nitrogens with zero attached hydrogens (tertiary/aromatic N) is 2. The normalized spacial score (nSPS) is 19.8. The Labute approximate surface area is 158 Å². The van der Waals surface area contributed by atoms with Gasteiger partial charge in [-0.1, -0.05) is 0 Å². The molecule has 3 rings (SSSR count). The van der Waals surface area contributed by atoms with Gasteiger partial charge in [-0.25, -0.2) is 13.6 Å². The quantitative estimate of drug-likeness (QED) is 0.445. The zero-order chi connectivity index (χ0) is 20.3. The topological polar surface area (TPSA) is 102 Å². The molecule has 0 spiro atoms. The number of anilines is 2. The number of cyclic esters (lactones) is 1. The molecule has 1 saturated heterocycles. The Kier molecular flexibility index (Phi) is 5.57. The Morgan fingerprint density at radius 1 is 1.29 bits per heavy atom. The molecule has 2 heterocycles. The van der Waals surface area contributed by atoms with Crippen LogP contribution in [-0.4, -0.2) is 44.0 Å². The van der Waals surface area contributed by atoms with Gasteiger partial charge >= 0.3 is 6.09 Å². The smallest absolute Gasteiger partial charge is 0.414 e. The standard InChI is InChI=1S/C18H17F2N3O5/c19-16-13(22-6-3-11(25)4-7-22)1-2-14(17(16)20)23-9-12(28-18(23)26)10-27-15(21)5-8-24/h1-3,5-6,8,12H,4,7,9-10,21H2/t12-/m1/s1. The van der Waals surface area contributed by atoms with Crippen molar-refractivity contribution in [3.8, 4) is 0 Å². The molecule has 8 nitrogen and oxygen atoms in total. The molecule has 0 saturated carbocycles. The lowest BCUT2D eigenvalue weighted by Gasteiger charge is -2.24. The predicted octanol–water partition coefficient (Wildman–Crippen LogP) is 1.60. The van der Waals surface area contributed by atoms with Crippen LogP contribution in [0, 0.1) is 11.6 Å². The van der Waals surface area contributed by atoms with Crippen molar-refractivity contribution in [1.82, 2.24) is 0 Å². The average molecular weight is 393 g/mol. The van der Waals surface area contributed by atoms with E-state index in [1.165, 1.54) is 29.3 Å². The van der Waals surface area contributed by atoms with E-state index in [0.29, 0.717) is 6.29 Å². The van der Waals surface area contributed by atoms with Crippen molar-refractivity contribution in [2.24, 2.45) is 5.73 Å². The first-order valence-corrected chi connectivity index (χ1v) is 8.38. The number of hydrogen-bond donors (Lipinski definition) is 1. The molecule has 2 aliphatic rings. The number of allylic oxidation sites excluding steroid dienone is 2. The molecule has 28 heavy (non-hydrogen) atoms. The van der Waals surface area contributed by atoms with Gasteiger partial charge in [-0.3, -0.25) is 14.5 Å². The molecule has 2 N–H and O–H groups in total. The van der Waals surface area contributed by atoms with E-state index in [9.17, 15) is 23.2 Å². The molecule has 0 radical (unpaired) electrons. The van der Waals surface area contributed by atoms with Crippen molar-refractivity contribution in [3.05, 3.63) is 48.0 Å². The number of ether oxygens (including phenoxy) is 2. The minimum atomic E-state index is -1.21. The van der Waals surface area contributed by atoms with Gasteiger partial charge in [0.05, 0.1) is 17.9 Å². The van der Waals surface area contributed by atoms with E-state index in [1.807, 2.05) is 0 Å². The predicted molar refractivity (Wildman–Crippen MR) is 94.4 cm³/mol. The fourth-order valence-corrected chi connectivity index (χ4v) is 2.83. The van der Waals surface area contributed by atoms with E-state index in [2.05, 4.69) is 0 Å². The maximum Gasteiger partial charge on any atom is 0.414 e. The number of amides is 1. The van der Waals surface area contributed by atoms with Gasteiger partial charge in [0.25, 0.3) is 0 Å². The summed E-state index contributed by atoms with van der Waals surface area (Å²) in [5.74, 6) is -2.59. The zero-order valence-electron chi connectivity index (χ0n) is 14.6. The minimum absolute atomic E-state index is 0.0378. The number of ketones is 1. The molecular weight excluding hydrogens is 376 g/mol. The highest BCUT2D eigenvalue weighted by Gasteiger charge is 2.35. The van der Waals surface area contributed by atoms with Crippen LogP contribution in [0.2, 0.25) is 0 Å². The summed E-state index contributed by atoms with van der Waals surface area (Å²) in [6, 6.07) is 2.60. The average Bonchev–Trinajstić information content (AvgIpc) is 3.04. The Bertz CT molecular complexity index is 871. The first-order chi connectivity index (χ1) is 13.4. The van der Waals surface area contributed by atoms with Crippen molar-refractivity contribution >= 4 is 29.5 Å². The second kappa shape index (κ2) is 8.07. The van der Waals surface area contributed by atoms with Gasteiger partial charge in [0.2, 0.25) is 0 Å². The van der Waals surface area contributed by atoms with Crippen LogP contribution in [0.4, 0.5) is 25.0 Å². The van der Waals surface area contributed by atoms with Crippen LogP contribution in [0.3, 0.4) is 0 Å². The monoisotopic (exact) mass is 393 g/mol. The zero-order valence-corrected chi connectivity index (χ0v) is 14.6. The van der Waals surface area contributed by atoms with Gasteiger partial charge < -0.3 is 20.1 Å². The van der Waals surface area contributed by atoms with E-state index in [-0.39, 0.29) is 49.2 Å². The fourth-order valence-electron chi connectivity index (χ4n) is 2.83. The third-order valence-electron chi connectivity index (χ3n) is 4.22. The molecule has 1 amide bonds. The summed E-state index contributed by atoms with van der Waals surface area (Å²) in [5.41, 5.74) is 5.08. The van der Waals surface area contributed by atoms with Crippen LogP contribution < -0.4 is 15.5 Å². The van der Waals surface area contributed by atoms with Crippen molar-refractivity contribution < 1.29 is 32.6 Å². The third kappa shape index (κ3) is 3.95. The summed E-state index contributed by atoms with van der Waals surface area (Å²) >= 11 is 0. The molecular formula is C18H17F2N3O5. The fraction of sp³-hybridized carbons (Fsp3) is 0.278. The summed E-state index contributed by atoms with van der Waals surface area (Å²) in [6.07, 6.45) is 2.67. The van der Waals surface area contributed by atoms with Crippen LogP contribution >= 0.6 is 0 Å². The first kappa shape index (κ1) is 19.3. The SMILES string of the molecule is NC(=CC=O)OC[C@H]1CN(c2ccc(N3C=CC(=O)CC3)c(F)c2F)C(=O)O1. The van der Waals surface area contributed by atoms with Crippen molar-refractivity contribution in [2.75, 3.05) is 29.5 Å². The molecule has 0 aliphatic carbocycles. The molecule has 10 heteroatoms. The Morgan fingerprint density at radius 2 is 2.00 bits per heavy atom. The minimum Gasteiger partial charge on any atom is -0.475 e. The molecule has 148 valence electrons. The number of benzene rings is 1. The van der Waals surface area contributed by atoms with Gasteiger partial charge in [0.15, 0.2) is 29.4 Å². The highest BCUT2D eigenvalue weighted by atomic mass is 19.2. The lowest BCUT2D eigenvalue weighted by atomic mass is 10.1. The van der Waals surface area contributed by atoms with Crippen molar-refractivity contribution in [3.63, 3.8) is 0 Å². The highest BCUT2D eigenvalue weighted by molar-refractivity contribution is 5.92.